The highest BCUT2D eigenvalue weighted by molar-refractivity contribution is 6.29. The van der Waals surface area contributed by atoms with Crippen molar-refractivity contribution in [1.29, 1.82) is 0 Å². The molecule has 0 unspecified atom stereocenters. The van der Waals surface area contributed by atoms with Crippen LogP contribution in [0, 0.1) is 5.92 Å². The van der Waals surface area contributed by atoms with E-state index < -0.39 is 11.9 Å². The van der Waals surface area contributed by atoms with Crippen molar-refractivity contribution in [3.63, 3.8) is 0 Å². The zero-order chi connectivity index (χ0) is 13.3. The fourth-order valence-electron chi connectivity index (χ4n) is 1.84. The maximum atomic E-state index is 12.1. The monoisotopic (exact) mass is 268 g/mol. The second kappa shape index (κ2) is 4.94. The van der Waals surface area contributed by atoms with Crippen molar-refractivity contribution < 1.29 is 14.7 Å². The van der Waals surface area contributed by atoms with Crippen LogP contribution in [0.2, 0.25) is 5.15 Å². The lowest BCUT2D eigenvalue weighted by atomic mass is 9.99. The number of carboxylic acids is 1. The van der Waals surface area contributed by atoms with Gasteiger partial charge in [0.25, 0.3) is 5.91 Å². The molecule has 96 valence electrons. The van der Waals surface area contributed by atoms with E-state index in [9.17, 15) is 9.59 Å². The van der Waals surface area contributed by atoms with Crippen LogP contribution >= 0.6 is 11.6 Å². The predicted octanol–water partition coefficient (Wildman–Crippen LogP) is 1.45. The lowest BCUT2D eigenvalue weighted by molar-refractivity contribution is -0.146. The second-order valence-electron chi connectivity index (χ2n) is 4.27. The van der Waals surface area contributed by atoms with Gasteiger partial charge in [-0.1, -0.05) is 18.5 Å². The molecule has 1 N–H and O–H groups in total. The number of carboxylic acid groups (broad SMARTS) is 1. The Kier molecular flexibility index (Phi) is 3.52. The van der Waals surface area contributed by atoms with Crippen LogP contribution in [-0.4, -0.2) is 40.0 Å². The Morgan fingerprint density at radius 1 is 1.50 bits per heavy atom. The van der Waals surface area contributed by atoms with Gasteiger partial charge in [0.2, 0.25) is 0 Å². The molecule has 1 aromatic rings. The number of aromatic nitrogens is 1. The first kappa shape index (κ1) is 12.8. The predicted molar refractivity (Wildman–Crippen MR) is 65.7 cm³/mol. The third-order valence-corrected chi connectivity index (χ3v) is 3.17. The Labute approximate surface area is 109 Å². The van der Waals surface area contributed by atoms with Crippen LogP contribution in [0.4, 0.5) is 0 Å². The van der Waals surface area contributed by atoms with Crippen LogP contribution in [0.5, 0.6) is 0 Å². The summed E-state index contributed by atoms with van der Waals surface area (Å²) in [5.74, 6) is -1.50. The Hall–Kier alpha value is -1.62. The second-order valence-corrected chi connectivity index (χ2v) is 4.66. The lowest BCUT2D eigenvalue weighted by Crippen LogP contribution is -2.53. The number of hydrogen-bond acceptors (Lipinski definition) is 3. The van der Waals surface area contributed by atoms with Crippen molar-refractivity contribution >= 4 is 23.5 Å². The molecule has 1 saturated heterocycles. The number of aliphatic carboxylic acids is 1. The van der Waals surface area contributed by atoms with Crippen LogP contribution in [0.15, 0.2) is 12.1 Å². The third kappa shape index (κ3) is 2.46. The highest BCUT2D eigenvalue weighted by Crippen LogP contribution is 2.20. The van der Waals surface area contributed by atoms with Gasteiger partial charge in [0.15, 0.2) is 0 Å². The first-order valence-corrected chi connectivity index (χ1v) is 6.07. The normalized spacial score (nSPS) is 15.3. The van der Waals surface area contributed by atoms with Crippen molar-refractivity contribution in [1.82, 2.24) is 9.88 Å². The van der Waals surface area contributed by atoms with Gasteiger partial charge in [-0.25, -0.2) is 4.98 Å². The summed E-state index contributed by atoms with van der Waals surface area (Å²) in [5.41, 5.74) is 1.22. The molecule has 0 atom stereocenters. The van der Waals surface area contributed by atoms with E-state index in [1.54, 1.807) is 6.07 Å². The van der Waals surface area contributed by atoms with Gasteiger partial charge in [-0.3, -0.25) is 9.59 Å². The molecule has 0 saturated carbocycles. The number of halogens is 1. The topological polar surface area (TPSA) is 70.5 Å². The van der Waals surface area contributed by atoms with Gasteiger partial charge < -0.3 is 10.0 Å². The summed E-state index contributed by atoms with van der Waals surface area (Å²) in [4.78, 5) is 28.3. The van der Waals surface area contributed by atoms with Gasteiger partial charge in [0, 0.05) is 24.3 Å². The number of aryl methyl sites for hydroxylation is 1. The minimum atomic E-state index is -0.860. The minimum Gasteiger partial charge on any atom is -0.481 e. The van der Waals surface area contributed by atoms with Crippen molar-refractivity contribution in [3.8, 4) is 0 Å². The van der Waals surface area contributed by atoms with E-state index in [4.69, 9.17) is 16.7 Å². The first-order valence-electron chi connectivity index (χ1n) is 5.69. The number of hydrogen-bond donors (Lipinski definition) is 1. The molecule has 0 aliphatic carbocycles. The molecule has 6 heteroatoms. The van der Waals surface area contributed by atoms with Gasteiger partial charge in [0.05, 0.1) is 5.92 Å². The largest absolute Gasteiger partial charge is 0.481 e. The zero-order valence-corrected chi connectivity index (χ0v) is 10.6. The maximum absolute atomic E-state index is 12.1. The van der Waals surface area contributed by atoms with Gasteiger partial charge >= 0.3 is 5.97 Å². The average molecular weight is 269 g/mol. The molecule has 5 nitrogen and oxygen atoms in total. The number of nitrogens with zero attached hydrogens (tertiary/aromatic N) is 2. The van der Waals surface area contributed by atoms with Gasteiger partial charge in [-0.15, -0.1) is 0 Å². The summed E-state index contributed by atoms with van der Waals surface area (Å²) in [6.07, 6.45) is 0.693. The van der Waals surface area contributed by atoms with Gasteiger partial charge in [-0.2, -0.15) is 0 Å². The van der Waals surface area contributed by atoms with Gasteiger partial charge in [-0.05, 0) is 18.6 Å². The van der Waals surface area contributed by atoms with Crippen molar-refractivity contribution in [2.75, 3.05) is 13.1 Å². The van der Waals surface area contributed by atoms with Crippen LogP contribution in [0.1, 0.15) is 23.0 Å². The molecule has 0 bridgehead atoms. The maximum Gasteiger partial charge on any atom is 0.310 e. The minimum absolute atomic E-state index is 0.188. The molecular formula is C12H13ClN2O3. The molecule has 2 rings (SSSR count). The highest BCUT2D eigenvalue weighted by Gasteiger charge is 2.36. The summed E-state index contributed by atoms with van der Waals surface area (Å²) in [7, 11) is 0. The number of rotatable bonds is 3. The van der Waals surface area contributed by atoms with Crippen LogP contribution in [0.25, 0.3) is 0 Å². The third-order valence-electron chi connectivity index (χ3n) is 2.97. The fraction of sp³-hybridized carbons (Fsp3) is 0.417. The number of pyridine rings is 1. The molecule has 0 aromatic carbocycles. The number of likely N-dealkylation sites (tertiary alicyclic amines) is 1. The molecule has 0 spiro atoms. The number of carbonyl (C=O) groups is 2. The van der Waals surface area contributed by atoms with Gasteiger partial charge in [0.1, 0.15) is 5.15 Å². The molecule has 1 aromatic heterocycles. The highest BCUT2D eigenvalue weighted by atomic mass is 35.5. The van der Waals surface area contributed by atoms with E-state index in [0.717, 1.165) is 5.69 Å². The van der Waals surface area contributed by atoms with E-state index in [-0.39, 0.29) is 24.1 Å². The fourth-order valence-corrected chi connectivity index (χ4v) is 2.07. The molecule has 2 heterocycles. The van der Waals surface area contributed by atoms with Crippen LogP contribution in [-0.2, 0) is 11.2 Å². The quantitative estimate of drug-likeness (QED) is 0.843. The number of carbonyl (C=O) groups excluding carboxylic acids is 1. The summed E-state index contributed by atoms with van der Waals surface area (Å²) in [6, 6.07) is 3.21. The SMILES string of the molecule is CCc1cc(C(=O)N2CC(C(=O)O)C2)cc(Cl)n1. The summed E-state index contributed by atoms with van der Waals surface area (Å²) < 4.78 is 0. The van der Waals surface area contributed by atoms with E-state index in [0.29, 0.717) is 12.0 Å². The molecular weight excluding hydrogens is 256 g/mol. The molecule has 1 amide bonds. The molecule has 1 aliphatic rings. The smallest absolute Gasteiger partial charge is 0.310 e. The van der Waals surface area contributed by atoms with E-state index in [1.165, 1.54) is 11.0 Å². The van der Waals surface area contributed by atoms with E-state index in [1.807, 2.05) is 6.92 Å². The average Bonchev–Trinajstić information content (AvgIpc) is 2.25. The Morgan fingerprint density at radius 3 is 2.72 bits per heavy atom. The summed E-state index contributed by atoms with van der Waals surface area (Å²) in [6.45, 7) is 2.45. The summed E-state index contributed by atoms with van der Waals surface area (Å²) >= 11 is 5.84. The Bertz CT molecular complexity index is 498. The Balaban J connectivity index is 2.11. The molecule has 18 heavy (non-hydrogen) atoms. The van der Waals surface area contributed by atoms with Crippen LogP contribution in [0.3, 0.4) is 0 Å². The van der Waals surface area contributed by atoms with Crippen molar-refractivity contribution in [3.05, 3.63) is 28.5 Å². The lowest BCUT2D eigenvalue weighted by Gasteiger charge is -2.36. The van der Waals surface area contributed by atoms with Crippen molar-refractivity contribution in [2.45, 2.75) is 13.3 Å². The van der Waals surface area contributed by atoms with E-state index >= 15 is 0 Å². The molecule has 1 aliphatic heterocycles. The molecule has 0 radical (unpaired) electrons. The van der Waals surface area contributed by atoms with Crippen molar-refractivity contribution in [2.24, 2.45) is 5.92 Å². The van der Waals surface area contributed by atoms with Crippen LogP contribution < -0.4 is 0 Å². The van der Waals surface area contributed by atoms with E-state index in [2.05, 4.69) is 4.98 Å². The Morgan fingerprint density at radius 2 is 2.17 bits per heavy atom. The molecule has 1 fully saturated rings. The zero-order valence-electron chi connectivity index (χ0n) is 9.89. The summed E-state index contributed by atoms with van der Waals surface area (Å²) in [5, 5.41) is 9.05. The first-order chi connectivity index (χ1) is 8.51. The standard InChI is InChI=1S/C12H13ClN2O3/c1-2-9-3-7(4-10(13)14-9)11(16)15-5-8(6-15)12(17)18/h3-4,8H,2,5-6H2,1H3,(H,17,18). The number of amides is 1.